The molecule has 1 rings (SSSR count). The van der Waals surface area contributed by atoms with Gasteiger partial charge in [0.2, 0.25) is 5.95 Å². The Morgan fingerprint density at radius 1 is 1.47 bits per heavy atom. The molecule has 0 bridgehead atoms. The maximum absolute atomic E-state index is 4.42. The molecule has 0 aliphatic rings. The minimum Gasteiger partial charge on any atom is -0.359 e. The Hall–Kier alpha value is -1.32. The van der Waals surface area contributed by atoms with Crippen molar-refractivity contribution in [1.82, 2.24) is 9.97 Å². The Morgan fingerprint density at radius 2 is 2.20 bits per heavy atom. The average molecular weight is 208 g/mol. The molecular weight excluding hydrogens is 188 g/mol. The van der Waals surface area contributed by atoms with Gasteiger partial charge in [-0.2, -0.15) is 4.98 Å². The van der Waals surface area contributed by atoms with Crippen molar-refractivity contribution in [2.75, 3.05) is 30.4 Å². The highest BCUT2D eigenvalue weighted by Crippen LogP contribution is 2.11. The maximum Gasteiger partial charge on any atom is 0.224 e. The number of aromatic nitrogens is 2. The zero-order valence-electron chi connectivity index (χ0n) is 9.99. The predicted molar refractivity (Wildman–Crippen MR) is 64.3 cm³/mol. The first-order chi connectivity index (χ1) is 7.13. The van der Waals surface area contributed by atoms with Crippen LogP contribution in [0.1, 0.15) is 20.8 Å². The molecule has 15 heavy (non-hydrogen) atoms. The molecule has 84 valence electrons. The topological polar surface area (TPSA) is 41.1 Å². The molecular formula is C11H20N4. The molecule has 1 N–H and O–H groups in total. The molecule has 1 aromatic rings. The van der Waals surface area contributed by atoms with Gasteiger partial charge in [-0.3, -0.25) is 0 Å². The van der Waals surface area contributed by atoms with Crippen LogP contribution in [-0.4, -0.2) is 30.1 Å². The monoisotopic (exact) mass is 208 g/mol. The second-order valence-electron chi connectivity index (χ2n) is 4.04. The summed E-state index contributed by atoms with van der Waals surface area (Å²) in [5, 5.41) is 3.11. The van der Waals surface area contributed by atoms with E-state index in [0.29, 0.717) is 11.9 Å². The summed E-state index contributed by atoms with van der Waals surface area (Å²) in [4.78, 5) is 10.7. The Bertz CT molecular complexity index is 298. The number of hydrogen-bond acceptors (Lipinski definition) is 4. The molecule has 0 saturated heterocycles. The molecule has 0 spiro atoms. The molecule has 0 radical (unpaired) electrons. The second kappa shape index (κ2) is 5.53. The van der Waals surface area contributed by atoms with Crippen molar-refractivity contribution < 1.29 is 0 Å². The first-order valence-electron chi connectivity index (χ1n) is 5.41. The smallest absolute Gasteiger partial charge is 0.224 e. The minimum atomic E-state index is 0.632. The average Bonchev–Trinajstić information content (AvgIpc) is 2.17. The quantitative estimate of drug-likeness (QED) is 0.803. The SMILES string of the molecule is CCNc1nccc(N(C)CC(C)C)n1. The highest BCUT2D eigenvalue weighted by molar-refractivity contribution is 5.41. The second-order valence-corrected chi connectivity index (χ2v) is 4.04. The van der Waals surface area contributed by atoms with Gasteiger partial charge in [0.15, 0.2) is 0 Å². The van der Waals surface area contributed by atoms with Crippen molar-refractivity contribution in [3.8, 4) is 0 Å². The molecule has 0 aliphatic heterocycles. The van der Waals surface area contributed by atoms with Gasteiger partial charge in [-0.25, -0.2) is 4.98 Å². The third-order valence-electron chi connectivity index (χ3n) is 2.01. The van der Waals surface area contributed by atoms with Crippen molar-refractivity contribution in [2.45, 2.75) is 20.8 Å². The van der Waals surface area contributed by atoms with E-state index in [1.165, 1.54) is 0 Å². The van der Waals surface area contributed by atoms with Crippen molar-refractivity contribution in [1.29, 1.82) is 0 Å². The van der Waals surface area contributed by atoms with Gasteiger partial charge in [-0.1, -0.05) is 13.8 Å². The van der Waals surface area contributed by atoms with E-state index in [1.54, 1.807) is 6.20 Å². The first kappa shape index (κ1) is 11.8. The van der Waals surface area contributed by atoms with Gasteiger partial charge in [0, 0.05) is 26.3 Å². The maximum atomic E-state index is 4.42. The largest absolute Gasteiger partial charge is 0.359 e. The minimum absolute atomic E-state index is 0.632. The van der Waals surface area contributed by atoms with Gasteiger partial charge in [0.25, 0.3) is 0 Å². The summed E-state index contributed by atoms with van der Waals surface area (Å²) in [7, 11) is 2.05. The Labute approximate surface area is 91.7 Å². The molecule has 4 nitrogen and oxygen atoms in total. The van der Waals surface area contributed by atoms with Crippen molar-refractivity contribution in [3.63, 3.8) is 0 Å². The van der Waals surface area contributed by atoms with Gasteiger partial charge in [-0.15, -0.1) is 0 Å². The van der Waals surface area contributed by atoms with Crippen molar-refractivity contribution >= 4 is 11.8 Å². The number of anilines is 2. The fourth-order valence-corrected chi connectivity index (χ4v) is 1.45. The summed E-state index contributed by atoms with van der Waals surface area (Å²) in [5.41, 5.74) is 0. The van der Waals surface area contributed by atoms with Gasteiger partial charge in [-0.05, 0) is 18.9 Å². The molecule has 1 aromatic heterocycles. The zero-order valence-corrected chi connectivity index (χ0v) is 9.99. The molecule has 0 amide bonds. The van der Waals surface area contributed by atoms with Crippen LogP contribution in [0.4, 0.5) is 11.8 Å². The molecule has 0 saturated carbocycles. The van der Waals surface area contributed by atoms with Crippen LogP contribution in [0.3, 0.4) is 0 Å². The Kier molecular flexibility index (Phi) is 4.34. The fraction of sp³-hybridized carbons (Fsp3) is 0.636. The Balaban J connectivity index is 2.71. The van der Waals surface area contributed by atoms with Crippen LogP contribution in [-0.2, 0) is 0 Å². The number of rotatable bonds is 5. The van der Waals surface area contributed by atoms with Crippen LogP contribution in [0.25, 0.3) is 0 Å². The van der Waals surface area contributed by atoms with Crippen LogP contribution in [0.15, 0.2) is 12.3 Å². The van der Waals surface area contributed by atoms with E-state index in [0.717, 1.165) is 18.9 Å². The predicted octanol–water partition coefficient (Wildman–Crippen LogP) is 2.00. The highest BCUT2D eigenvalue weighted by atomic mass is 15.2. The molecule has 0 aromatic carbocycles. The van der Waals surface area contributed by atoms with E-state index in [2.05, 4.69) is 41.1 Å². The molecule has 0 unspecified atom stereocenters. The van der Waals surface area contributed by atoms with Crippen LogP contribution < -0.4 is 10.2 Å². The summed E-state index contributed by atoms with van der Waals surface area (Å²) in [6.45, 7) is 8.28. The van der Waals surface area contributed by atoms with Crippen molar-refractivity contribution in [2.24, 2.45) is 5.92 Å². The third kappa shape index (κ3) is 3.73. The van der Waals surface area contributed by atoms with E-state index < -0.39 is 0 Å². The lowest BCUT2D eigenvalue weighted by Gasteiger charge is -2.20. The lowest BCUT2D eigenvalue weighted by Crippen LogP contribution is -2.23. The van der Waals surface area contributed by atoms with E-state index >= 15 is 0 Å². The third-order valence-corrected chi connectivity index (χ3v) is 2.01. The van der Waals surface area contributed by atoms with Gasteiger partial charge < -0.3 is 10.2 Å². The van der Waals surface area contributed by atoms with E-state index in [4.69, 9.17) is 0 Å². The number of hydrogen-bond donors (Lipinski definition) is 1. The summed E-state index contributed by atoms with van der Waals surface area (Å²) < 4.78 is 0. The first-order valence-corrected chi connectivity index (χ1v) is 5.41. The van der Waals surface area contributed by atoms with Crippen molar-refractivity contribution in [3.05, 3.63) is 12.3 Å². The summed E-state index contributed by atoms with van der Waals surface area (Å²) in [5.74, 6) is 2.30. The summed E-state index contributed by atoms with van der Waals surface area (Å²) in [6.07, 6.45) is 1.79. The summed E-state index contributed by atoms with van der Waals surface area (Å²) >= 11 is 0. The molecule has 0 fully saturated rings. The van der Waals surface area contributed by atoms with Crippen LogP contribution in [0.2, 0.25) is 0 Å². The molecule has 0 atom stereocenters. The molecule has 4 heteroatoms. The van der Waals surface area contributed by atoms with Crippen LogP contribution >= 0.6 is 0 Å². The van der Waals surface area contributed by atoms with E-state index in [1.807, 2.05) is 13.0 Å². The standard InChI is InChI=1S/C11H20N4/c1-5-12-11-13-7-6-10(14-11)15(4)8-9(2)3/h6-7,9H,5,8H2,1-4H3,(H,12,13,14). The number of nitrogens with zero attached hydrogens (tertiary/aromatic N) is 3. The lowest BCUT2D eigenvalue weighted by atomic mass is 10.2. The van der Waals surface area contributed by atoms with Crippen LogP contribution in [0, 0.1) is 5.92 Å². The Morgan fingerprint density at radius 3 is 2.80 bits per heavy atom. The molecule has 0 aliphatic carbocycles. The fourth-order valence-electron chi connectivity index (χ4n) is 1.45. The number of nitrogens with one attached hydrogen (secondary N) is 1. The van der Waals surface area contributed by atoms with E-state index in [9.17, 15) is 0 Å². The van der Waals surface area contributed by atoms with Gasteiger partial charge in [0.1, 0.15) is 5.82 Å². The lowest BCUT2D eigenvalue weighted by molar-refractivity contribution is 0.634. The molecule has 1 heterocycles. The van der Waals surface area contributed by atoms with Crippen LogP contribution in [0.5, 0.6) is 0 Å². The highest BCUT2D eigenvalue weighted by Gasteiger charge is 2.05. The van der Waals surface area contributed by atoms with E-state index in [-0.39, 0.29) is 0 Å². The summed E-state index contributed by atoms with van der Waals surface area (Å²) in [6, 6.07) is 1.93. The van der Waals surface area contributed by atoms with Gasteiger partial charge >= 0.3 is 0 Å². The zero-order chi connectivity index (χ0) is 11.3. The normalized spacial score (nSPS) is 10.5. The van der Waals surface area contributed by atoms with Gasteiger partial charge in [0.05, 0.1) is 0 Å².